The lowest BCUT2D eigenvalue weighted by Gasteiger charge is -2.36. The van der Waals surface area contributed by atoms with Gasteiger partial charge in [-0.05, 0) is 63.4 Å². The second-order valence-electron chi connectivity index (χ2n) is 6.59. The Bertz CT molecular complexity index is 733. The molecular weight excluding hydrogens is 320 g/mol. The van der Waals surface area contributed by atoms with Crippen molar-refractivity contribution in [3.8, 4) is 5.69 Å². The largest absolute Gasteiger partial charge is 0.360 e. The molecule has 1 aliphatic heterocycles. The van der Waals surface area contributed by atoms with E-state index in [4.69, 9.17) is 11.6 Å². The molecule has 0 saturated carbocycles. The second kappa shape index (κ2) is 7.02. The molecule has 1 saturated heterocycles. The van der Waals surface area contributed by atoms with Crippen LogP contribution in [0.4, 0.5) is 5.69 Å². The van der Waals surface area contributed by atoms with Crippen LogP contribution < -0.4 is 4.90 Å². The molecule has 3 nitrogen and oxygen atoms in total. The standard InChI is InChI=1S/C20H25ClN2O/c1-4-20(24)18-7-5-6-12-22(18)19-13-14(2)23(15(19)3)17-10-8-16(21)9-11-17/h8-11,13,18H,4-7,12H2,1-3H3. The molecule has 0 radical (unpaired) electrons. The molecule has 24 heavy (non-hydrogen) atoms. The van der Waals surface area contributed by atoms with E-state index in [1.54, 1.807) is 0 Å². The molecule has 2 aromatic rings. The van der Waals surface area contributed by atoms with E-state index >= 15 is 0 Å². The molecule has 3 rings (SSSR count). The van der Waals surface area contributed by atoms with Gasteiger partial charge in [-0.25, -0.2) is 0 Å². The third kappa shape index (κ3) is 3.10. The number of piperidine rings is 1. The molecule has 1 fully saturated rings. The quantitative estimate of drug-likeness (QED) is 0.772. The number of ketones is 1. The Hall–Kier alpha value is -1.74. The zero-order valence-electron chi connectivity index (χ0n) is 14.7. The summed E-state index contributed by atoms with van der Waals surface area (Å²) in [5, 5.41) is 0.742. The predicted octanol–water partition coefficient (Wildman–Crippen LogP) is 5.09. The molecular formula is C20H25ClN2O. The third-order valence-corrected chi connectivity index (χ3v) is 5.27. The van der Waals surface area contributed by atoms with Crippen molar-refractivity contribution in [1.82, 2.24) is 4.57 Å². The summed E-state index contributed by atoms with van der Waals surface area (Å²) in [6, 6.07) is 10.2. The molecule has 1 aromatic carbocycles. The number of carbonyl (C=O) groups is 1. The molecule has 0 spiro atoms. The lowest BCUT2D eigenvalue weighted by molar-refractivity contribution is -0.120. The summed E-state index contributed by atoms with van der Waals surface area (Å²) in [6.07, 6.45) is 3.87. The monoisotopic (exact) mass is 344 g/mol. The highest BCUT2D eigenvalue weighted by Crippen LogP contribution is 2.33. The van der Waals surface area contributed by atoms with Crippen molar-refractivity contribution in [1.29, 1.82) is 0 Å². The first-order valence-electron chi connectivity index (χ1n) is 8.77. The van der Waals surface area contributed by atoms with E-state index in [1.807, 2.05) is 31.2 Å². The summed E-state index contributed by atoms with van der Waals surface area (Å²) in [5.41, 5.74) is 4.66. The molecule has 0 aliphatic carbocycles. The van der Waals surface area contributed by atoms with Gasteiger partial charge in [0.25, 0.3) is 0 Å². The number of Topliss-reactive ketones (excluding diaryl/α,β-unsaturated/α-hetero) is 1. The van der Waals surface area contributed by atoms with Crippen LogP contribution in [0.2, 0.25) is 5.02 Å². The smallest absolute Gasteiger partial charge is 0.154 e. The number of halogens is 1. The SMILES string of the molecule is CCC(=O)C1CCCCN1c1cc(C)n(-c2ccc(Cl)cc2)c1C. The van der Waals surface area contributed by atoms with Gasteiger partial charge in [0, 0.05) is 35.1 Å². The molecule has 0 bridgehead atoms. The highest BCUT2D eigenvalue weighted by molar-refractivity contribution is 6.30. The van der Waals surface area contributed by atoms with Crippen LogP contribution in [0.15, 0.2) is 30.3 Å². The van der Waals surface area contributed by atoms with E-state index in [1.165, 1.54) is 17.1 Å². The minimum absolute atomic E-state index is 0.0305. The molecule has 0 N–H and O–H groups in total. The topological polar surface area (TPSA) is 25.2 Å². The van der Waals surface area contributed by atoms with E-state index < -0.39 is 0 Å². The minimum Gasteiger partial charge on any atom is -0.360 e. The fourth-order valence-electron chi connectivity index (χ4n) is 3.81. The highest BCUT2D eigenvalue weighted by Gasteiger charge is 2.29. The first-order chi connectivity index (χ1) is 11.5. The first kappa shape index (κ1) is 17.1. The number of aryl methyl sites for hydroxylation is 1. The van der Waals surface area contributed by atoms with Gasteiger partial charge >= 0.3 is 0 Å². The van der Waals surface area contributed by atoms with Gasteiger partial charge in [-0.1, -0.05) is 18.5 Å². The van der Waals surface area contributed by atoms with Gasteiger partial charge in [0.2, 0.25) is 0 Å². The van der Waals surface area contributed by atoms with Crippen molar-refractivity contribution in [2.75, 3.05) is 11.4 Å². The van der Waals surface area contributed by atoms with Crippen LogP contribution in [-0.4, -0.2) is 22.9 Å². The number of aromatic nitrogens is 1. The fourth-order valence-corrected chi connectivity index (χ4v) is 3.94. The Labute approximate surface area is 149 Å². The lowest BCUT2D eigenvalue weighted by atomic mass is 9.96. The number of benzene rings is 1. The maximum atomic E-state index is 12.4. The molecule has 4 heteroatoms. The van der Waals surface area contributed by atoms with Gasteiger partial charge in [-0.2, -0.15) is 0 Å². The number of hydrogen-bond acceptors (Lipinski definition) is 2. The van der Waals surface area contributed by atoms with Crippen LogP contribution in [0.5, 0.6) is 0 Å². The lowest BCUT2D eigenvalue weighted by Crippen LogP contribution is -2.44. The van der Waals surface area contributed by atoms with Crippen LogP contribution in [0.1, 0.15) is 44.0 Å². The summed E-state index contributed by atoms with van der Waals surface area (Å²) in [4.78, 5) is 14.7. The van der Waals surface area contributed by atoms with E-state index in [0.29, 0.717) is 12.2 Å². The zero-order valence-corrected chi connectivity index (χ0v) is 15.4. The fraction of sp³-hybridized carbons (Fsp3) is 0.450. The Kier molecular flexibility index (Phi) is 5.00. The van der Waals surface area contributed by atoms with E-state index in [9.17, 15) is 4.79 Å². The van der Waals surface area contributed by atoms with Crippen molar-refractivity contribution in [3.63, 3.8) is 0 Å². The average Bonchev–Trinajstić information content (AvgIpc) is 2.89. The van der Waals surface area contributed by atoms with E-state index in [-0.39, 0.29) is 6.04 Å². The number of anilines is 1. The van der Waals surface area contributed by atoms with Crippen LogP contribution in [0, 0.1) is 13.8 Å². The number of nitrogens with zero attached hydrogens (tertiary/aromatic N) is 2. The van der Waals surface area contributed by atoms with Crippen LogP contribution >= 0.6 is 11.6 Å². The first-order valence-corrected chi connectivity index (χ1v) is 9.15. The Morgan fingerprint density at radius 1 is 1.21 bits per heavy atom. The maximum absolute atomic E-state index is 12.4. The zero-order chi connectivity index (χ0) is 17.3. The summed E-state index contributed by atoms with van der Waals surface area (Å²) in [6.45, 7) is 7.18. The predicted molar refractivity (Wildman–Crippen MR) is 101 cm³/mol. The highest BCUT2D eigenvalue weighted by atomic mass is 35.5. The molecule has 1 atom stereocenters. The summed E-state index contributed by atoms with van der Waals surface area (Å²) >= 11 is 6.02. The van der Waals surface area contributed by atoms with E-state index in [0.717, 1.165) is 36.5 Å². The van der Waals surface area contributed by atoms with Gasteiger partial charge < -0.3 is 9.47 Å². The van der Waals surface area contributed by atoms with Crippen LogP contribution in [-0.2, 0) is 4.79 Å². The van der Waals surface area contributed by atoms with Gasteiger partial charge in [-0.3, -0.25) is 4.79 Å². The van der Waals surface area contributed by atoms with Crippen molar-refractivity contribution in [2.45, 2.75) is 52.5 Å². The summed E-state index contributed by atoms with van der Waals surface area (Å²) in [5.74, 6) is 0.353. The normalized spacial score (nSPS) is 18.0. The summed E-state index contributed by atoms with van der Waals surface area (Å²) in [7, 11) is 0. The van der Waals surface area contributed by atoms with Gasteiger partial charge in [0.15, 0.2) is 5.78 Å². The Morgan fingerprint density at radius 2 is 1.92 bits per heavy atom. The van der Waals surface area contributed by atoms with E-state index in [2.05, 4.69) is 29.4 Å². The minimum atomic E-state index is 0.0305. The second-order valence-corrected chi connectivity index (χ2v) is 7.03. The van der Waals surface area contributed by atoms with Gasteiger partial charge in [0.05, 0.1) is 11.7 Å². The summed E-state index contributed by atoms with van der Waals surface area (Å²) < 4.78 is 2.24. The number of rotatable bonds is 4. The molecule has 2 heterocycles. The van der Waals surface area contributed by atoms with Crippen molar-refractivity contribution in [3.05, 3.63) is 46.7 Å². The number of hydrogen-bond donors (Lipinski definition) is 0. The Morgan fingerprint density at radius 3 is 2.58 bits per heavy atom. The van der Waals surface area contributed by atoms with Crippen molar-refractivity contribution >= 4 is 23.1 Å². The average molecular weight is 345 g/mol. The van der Waals surface area contributed by atoms with Gasteiger partial charge in [-0.15, -0.1) is 0 Å². The van der Waals surface area contributed by atoms with Crippen molar-refractivity contribution in [2.24, 2.45) is 0 Å². The number of carbonyl (C=O) groups excluding carboxylic acids is 1. The van der Waals surface area contributed by atoms with Crippen LogP contribution in [0.25, 0.3) is 5.69 Å². The molecule has 1 aliphatic rings. The molecule has 1 aromatic heterocycles. The maximum Gasteiger partial charge on any atom is 0.154 e. The third-order valence-electron chi connectivity index (χ3n) is 5.02. The van der Waals surface area contributed by atoms with Crippen LogP contribution in [0.3, 0.4) is 0 Å². The van der Waals surface area contributed by atoms with Crippen molar-refractivity contribution < 1.29 is 4.79 Å². The van der Waals surface area contributed by atoms with Gasteiger partial charge in [0.1, 0.15) is 0 Å². The molecule has 0 amide bonds. The Balaban J connectivity index is 2.01. The molecule has 1 unspecified atom stereocenters. The molecule has 128 valence electrons.